The van der Waals surface area contributed by atoms with E-state index < -0.39 is 0 Å². The normalized spacial score (nSPS) is 11.4. The van der Waals surface area contributed by atoms with Crippen LogP contribution in [-0.2, 0) is 13.1 Å². The molecule has 0 unspecified atom stereocenters. The van der Waals surface area contributed by atoms with Crippen LogP contribution in [0.25, 0.3) is 0 Å². The second kappa shape index (κ2) is 6.55. The van der Waals surface area contributed by atoms with Crippen LogP contribution in [0.4, 0.5) is 5.69 Å². The molecule has 0 aliphatic carbocycles. The fraction of sp³-hybridized carbons (Fsp3) is 0.333. The average molecular weight is 339 g/mol. The van der Waals surface area contributed by atoms with E-state index >= 15 is 0 Å². The van der Waals surface area contributed by atoms with Crippen molar-refractivity contribution in [1.82, 2.24) is 4.90 Å². The molecule has 0 bridgehead atoms. The van der Waals surface area contributed by atoms with Crippen molar-refractivity contribution in [3.63, 3.8) is 0 Å². The first-order chi connectivity index (χ1) is 9.04. The highest BCUT2D eigenvalue weighted by atomic mass is 79.9. The lowest BCUT2D eigenvalue weighted by atomic mass is 10.1. The molecule has 1 heterocycles. The van der Waals surface area contributed by atoms with Crippen molar-refractivity contribution < 1.29 is 0 Å². The van der Waals surface area contributed by atoms with Crippen LogP contribution in [0.1, 0.15) is 24.3 Å². The average Bonchev–Trinajstić information content (AvgIpc) is 2.79. The Hall–Kier alpha value is -0.840. The molecule has 1 aromatic heterocycles. The molecule has 0 saturated carbocycles. The van der Waals surface area contributed by atoms with Crippen LogP contribution in [0.2, 0.25) is 0 Å². The summed E-state index contributed by atoms with van der Waals surface area (Å²) < 4.78 is 1.04. The molecule has 0 spiro atoms. The molecule has 2 aromatic rings. The fourth-order valence-corrected chi connectivity index (χ4v) is 3.31. The maximum Gasteiger partial charge on any atom is 0.0334 e. The van der Waals surface area contributed by atoms with E-state index in [4.69, 9.17) is 5.73 Å². The van der Waals surface area contributed by atoms with Gasteiger partial charge in [0, 0.05) is 34.2 Å². The second-order valence-corrected chi connectivity index (χ2v) is 6.92. The molecule has 2 nitrogen and oxygen atoms in total. The number of nitrogens with two attached hydrogens (primary N) is 1. The molecule has 0 aliphatic heterocycles. The Bertz CT molecular complexity index is 503. The Kier molecular flexibility index (Phi) is 5.02. The lowest BCUT2D eigenvalue weighted by Crippen LogP contribution is -2.29. The summed E-state index contributed by atoms with van der Waals surface area (Å²) in [6, 6.07) is 10.9. The van der Waals surface area contributed by atoms with Crippen LogP contribution < -0.4 is 5.73 Å². The molecule has 19 heavy (non-hydrogen) atoms. The van der Waals surface area contributed by atoms with Crippen molar-refractivity contribution in [3.05, 3.63) is 50.6 Å². The number of benzene rings is 1. The second-order valence-electron chi connectivity index (χ2n) is 4.97. The van der Waals surface area contributed by atoms with Gasteiger partial charge in [0.2, 0.25) is 0 Å². The summed E-state index contributed by atoms with van der Waals surface area (Å²) in [5.41, 5.74) is 7.96. The number of hydrogen-bond acceptors (Lipinski definition) is 3. The molecule has 0 atom stereocenters. The number of rotatable bonds is 5. The van der Waals surface area contributed by atoms with Gasteiger partial charge in [-0.2, -0.15) is 0 Å². The van der Waals surface area contributed by atoms with Gasteiger partial charge >= 0.3 is 0 Å². The summed E-state index contributed by atoms with van der Waals surface area (Å²) in [4.78, 5) is 3.85. The van der Waals surface area contributed by atoms with Gasteiger partial charge in [-0.25, -0.2) is 0 Å². The van der Waals surface area contributed by atoms with Gasteiger partial charge in [0.1, 0.15) is 0 Å². The smallest absolute Gasteiger partial charge is 0.0334 e. The van der Waals surface area contributed by atoms with Crippen molar-refractivity contribution in [3.8, 4) is 0 Å². The molecule has 0 saturated heterocycles. The van der Waals surface area contributed by atoms with E-state index in [1.165, 1.54) is 10.4 Å². The van der Waals surface area contributed by atoms with Gasteiger partial charge in [0.15, 0.2) is 0 Å². The lowest BCUT2D eigenvalue weighted by molar-refractivity contribution is 0.205. The Morgan fingerprint density at radius 2 is 2.05 bits per heavy atom. The van der Waals surface area contributed by atoms with E-state index in [1.54, 1.807) is 0 Å². The predicted octanol–water partition coefficient (Wildman–Crippen LogP) is 4.50. The summed E-state index contributed by atoms with van der Waals surface area (Å²) in [7, 11) is 0. The SMILES string of the molecule is CC(C)N(Cc1cc(N)cc(Br)c1)Cc1cccs1. The lowest BCUT2D eigenvalue weighted by Gasteiger charge is -2.26. The standard InChI is InChI=1S/C15H19BrN2S/c1-11(2)18(10-15-4-3-5-19-15)9-12-6-13(16)8-14(17)7-12/h3-8,11H,9-10,17H2,1-2H3. The third kappa shape index (κ3) is 4.34. The molecule has 0 amide bonds. The highest BCUT2D eigenvalue weighted by Crippen LogP contribution is 2.21. The summed E-state index contributed by atoms with van der Waals surface area (Å²) in [5.74, 6) is 0. The Morgan fingerprint density at radius 1 is 1.26 bits per heavy atom. The van der Waals surface area contributed by atoms with Crippen LogP contribution >= 0.6 is 27.3 Å². The minimum atomic E-state index is 0.502. The highest BCUT2D eigenvalue weighted by molar-refractivity contribution is 9.10. The molecule has 0 fully saturated rings. The van der Waals surface area contributed by atoms with Gasteiger partial charge in [0.05, 0.1) is 0 Å². The largest absolute Gasteiger partial charge is 0.399 e. The van der Waals surface area contributed by atoms with Crippen molar-refractivity contribution in [2.75, 3.05) is 5.73 Å². The Labute approximate surface area is 127 Å². The number of nitrogen functional groups attached to an aromatic ring is 1. The number of anilines is 1. The van der Waals surface area contributed by atoms with Crippen LogP contribution in [0.15, 0.2) is 40.2 Å². The van der Waals surface area contributed by atoms with Crippen molar-refractivity contribution in [2.24, 2.45) is 0 Å². The molecular formula is C15H19BrN2S. The zero-order valence-corrected chi connectivity index (χ0v) is 13.7. The molecule has 2 rings (SSSR count). The van der Waals surface area contributed by atoms with E-state index in [0.717, 1.165) is 23.2 Å². The van der Waals surface area contributed by atoms with Crippen LogP contribution in [0.5, 0.6) is 0 Å². The van der Waals surface area contributed by atoms with Crippen molar-refractivity contribution in [2.45, 2.75) is 33.0 Å². The molecule has 0 radical (unpaired) electrons. The maximum atomic E-state index is 5.90. The number of thiophene rings is 1. The number of halogens is 1. The maximum absolute atomic E-state index is 5.90. The zero-order chi connectivity index (χ0) is 13.8. The number of nitrogens with zero attached hydrogens (tertiary/aromatic N) is 1. The number of hydrogen-bond donors (Lipinski definition) is 1. The van der Waals surface area contributed by atoms with Gasteiger partial charge in [-0.3, -0.25) is 4.90 Å². The van der Waals surface area contributed by atoms with Gasteiger partial charge in [-0.1, -0.05) is 22.0 Å². The monoisotopic (exact) mass is 338 g/mol. The molecule has 4 heteroatoms. The molecular weight excluding hydrogens is 320 g/mol. The van der Waals surface area contributed by atoms with Crippen molar-refractivity contribution in [1.29, 1.82) is 0 Å². The third-order valence-corrected chi connectivity index (χ3v) is 4.35. The van der Waals surface area contributed by atoms with Gasteiger partial charge in [-0.05, 0) is 49.1 Å². The minimum absolute atomic E-state index is 0.502. The van der Waals surface area contributed by atoms with E-state index in [9.17, 15) is 0 Å². The van der Waals surface area contributed by atoms with E-state index in [2.05, 4.69) is 64.3 Å². The van der Waals surface area contributed by atoms with Crippen LogP contribution in [0, 0.1) is 0 Å². The molecule has 1 aromatic carbocycles. The third-order valence-electron chi connectivity index (χ3n) is 3.03. The zero-order valence-electron chi connectivity index (χ0n) is 11.3. The Balaban J connectivity index is 2.12. The summed E-state index contributed by atoms with van der Waals surface area (Å²) in [5, 5.41) is 2.13. The molecule has 0 aliphatic rings. The van der Waals surface area contributed by atoms with Gasteiger partial charge in [0.25, 0.3) is 0 Å². The molecule has 102 valence electrons. The van der Waals surface area contributed by atoms with Crippen LogP contribution in [0.3, 0.4) is 0 Å². The highest BCUT2D eigenvalue weighted by Gasteiger charge is 2.12. The fourth-order valence-electron chi connectivity index (χ4n) is 2.02. The first-order valence-electron chi connectivity index (χ1n) is 6.36. The van der Waals surface area contributed by atoms with Crippen molar-refractivity contribution >= 4 is 33.0 Å². The summed E-state index contributed by atoms with van der Waals surface area (Å²) >= 11 is 5.31. The summed E-state index contributed by atoms with van der Waals surface area (Å²) in [6.45, 7) is 6.37. The van der Waals surface area contributed by atoms with E-state index in [-0.39, 0.29) is 0 Å². The quantitative estimate of drug-likeness (QED) is 0.813. The van der Waals surface area contributed by atoms with E-state index in [1.807, 2.05) is 17.4 Å². The first-order valence-corrected chi connectivity index (χ1v) is 8.03. The van der Waals surface area contributed by atoms with Crippen LogP contribution in [-0.4, -0.2) is 10.9 Å². The van der Waals surface area contributed by atoms with Gasteiger partial charge in [-0.15, -0.1) is 11.3 Å². The Morgan fingerprint density at radius 3 is 2.63 bits per heavy atom. The first kappa shape index (κ1) is 14.6. The topological polar surface area (TPSA) is 29.3 Å². The predicted molar refractivity (Wildman–Crippen MR) is 87.3 cm³/mol. The molecule has 2 N–H and O–H groups in total. The minimum Gasteiger partial charge on any atom is -0.399 e. The van der Waals surface area contributed by atoms with E-state index in [0.29, 0.717) is 6.04 Å². The summed E-state index contributed by atoms with van der Waals surface area (Å²) in [6.07, 6.45) is 0. The van der Waals surface area contributed by atoms with Gasteiger partial charge < -0.3 is 5.73 Å².